The van der Waals surface area contributed by atoms with Crippen LogP contribution in [-0.2, 0) is 10.2 Å². The number of carbonyl (C=O) groups is 4. The molecule has 0 saturated carbocycles. The number of piperazine rings is 1. The molecule has 3 amide bonds. The van der Waals surface area contributed by atoms with Crippen LogP contribution in [-0.4, -0.2) is 69.8 Å². The summed E-state index contributed by atoms with van der Waals surface area (Å²) in [6, 6.07) is 18.5. The maximum Gasteiger partial charge on any atom is 0.305 e. The van der Waals surface area contributed by atoms with E-state index in [1.807, 2.05) is 12.1 Å². The van der Waals surface area contributed by atoms with Crippen LogP contribution in [0.3, 0.4) is 0 Å². The van der Waals surface area contributed by atoms with Crippen LogP contribution in [0.2, 0.25) is 0 Å². The summed E-state index contributed by atoms with van der Waals surface area (Å²) in [5.74, 6) is -2.00. The number of benzene rings is 2. The van der Waals surface area contributed by atoms with E-state index in [2.05, 4.69) is 46.3 Å². The van der Waals surface area contributed by atoms with Gasteiger partial charge in [-0.2, -0.15) is 0 Å². The standard InChI is InChI=1S/C36H38N6O5/c1-36(2,3)28-11-8-24(9-12-28)33(45)40-30-20-25(34(46)39-29(21-32(43)44)26-6-4-14-37-22-26)10-13-31(30)41-16-18-42(19-17-41)35(47)27-7-5-15-38-23-27/h4-15,20,22-23,29H,16-19,21H2,1-3H3,(H,39,46)(H,40,45)(H,43,44). The van der Waals surface area contributed by atoms with Gasteiger partial charge in [-0.3, -0.25) is 29.1 Å². The number of nitrogens with one attached hydrogen (secondary N) is 2. The molecule has 3 heterocycles. The van der Waals surface area contributed by atoms with Crippen LogP contribution in [0, 0.1) is 0 Å². The molecule has 3 N–H and O–H groups in total. The lowest BCUT2D eigenvalue weighted by atomic mass is 9.86. The van der Waals surface area contributed by atoms with Crippen LogP contribution < -0.4 is 15.5 Å². The second-order valence-electron chi connectivity index (χ2n) is 12.4. The zero-order chi connectivity index (χ0) is 33.6. The van der Waals surface area contributed by atoms with Gasteiger partial charge in [0.1, 0.15) is 0 Å². The van der Waals surface area contributed by atoms with Crippen molar-refractivity contribution < 1.29 is 24.3 Å². The van der Waals surface area contributed by atoms with Gasteiger partial charge < -0.3 is 25.5 Å². The van der Waals surface area contributed by atoms with Crippen molar-refractivity contribution in [2.24, 2.45) is 0 Å². The summed E-state index contributed by atoms with van der Waals surface area (Å²) < 4.78 is 0. The largest absolute Gasteiger partial charge is 0.481 e. The zero-order valence-corrected chi connectivity index (χ0v) is 26.6. The lowest BCUT2D eigenvalue weighted by molar-refractivity contribution is -0.137. The Morgan fingerprint density at radius 3 is 2.06 bits per heavy atom. The number of carboxylic acid groups (broad SMARTS) is 1. The molecule has 2 aromatic carbocycles. The summed E-state index contributed by atoms with van der Waals surface area (Å²) in [7, 11) is 0. The van der Waals surface area contributed by atoms with Gasteiger partial charge in [0.2, 0.25) is 0 Å². The van der Waals surface area contributed by atoms with Gasteiger partial charge in [0.05, 0.1) is 29.4 Å². The van der Waals surface area contributed by atoms with Gasteiger partial charge in [-0.15, -0.1) is 0 Å². The summed E-state index contributed by atoms with van der Waals surface area (Å²) >= 11 is 0. The van der Waals surface area contributed by atoms with E-state index in [0.717, 1.165) is 5.56 Å². The highest BCUT2D eigenvalue weighted by Gasteiger charge is 2.26. The van der Waals surface area contributed by atoms with Crippen molar-refractivity contribution in [2.45, 2.75) is 38.6 Å². The quantitative estimate of drug-likeness (QED) is 0.235. The molecule has 0 radical (unpaired) electrons. The van der Waals surface area contributed by atoms with Gasteiger partial charge in [-0.1, -0.05) is 39.0 Å². The van der Waals surface area contributed by atoms with Gasteiger partial charge in [0, 0.05) is 62.1 Å². The van der Waals surface area contributed by atoms with E-state index in [9.17, 15) is 24.3 Å². The normalized spacial score (nSPS) is 13.9. The number of aliphatic carboxylic acids is 1. The van der Waals surface area contributed by atoms with E-state index in [1.54, 1.807) is 78.1 Å². The van der Waals surface area contributed by atoms with Crippen molar-refractivity contribution in [3.8, 4) is 0 Å². The van der Waals surface area contributed by atoms with Crippen molar-refractivity contribution in [3.05, 3.63) is 119 Å². The van der Waals surface area contributed by atoms with Gasteiger partial charge in [0.25, 0.3) is 17.7 Å². The molecule has 47 heavy (non-hydrogen) atoms. The molecule has 5 rings (SSSR count). The van der Waals surface area contributed by atoms with E-state index >= 15 is 0 Å². The van der Waals surface area contributed by atoms with Gasteiger partial charge in [0.15, 0.2) is 0 Å². The highest BCUT2D eigenvalue weighted by molar-refractivity contribution is 6.07. The molecule has 242 valence electrons. The molecule has 1 fully saturated rings. The Morgan fingerprint density at radius 1 is 0.809 bits per heavy atom. The van der Waals surface area contributed by atoms with E-state index in [1.165, 1.54) is 6.20 Å². The van der Waals surface area contributed by atoms with Crippen LogP contribution in [0.4, 0.5) is 11.4 Å². The van der Waals surface area contributed by atoms with Crippen molar-refractivity contribution in [1.29, 1.82) is 0 Å². The Kier molecular flexibility index (Phi) is 9.94. The van der Waals surface area contributed by atoms with Crippen molar-refractivity contribution in [3.63, 3.8) is 0 Å². The van der Waals surface area contributed by atoms with Gasteiger partial charge in [-0.05, 0) is 65.1 Å². The number of pyridine rings is 2. The second-order valence-corrected chi connectivity index (χ2v) is 12.4. The molecule has 0 bridgehead atoms. The first-order chi connectivity index (χ1) is 22.5. The fraction of sp³-hybridized carbons (Fsp3) is 0.278. The van der Waals surface area contributed by atoms with Gasteiger partial charge in [-0.25, -0.2) is 0 Å². The van der Waals surface area contributed by atoms with Crippen molar-refractivity contribution >= 4 is 35.1 Å². The number of carboxylic acids is 1. The Labute approximate surface area is 273 Å². The highest BCUT2D eigenvalue weighted by atomic mass is 16.4. The molecule has 11 heteroatoms. The number of hydrogen-bond donors (Lipinski definition) is 3. The van der Waals surface area contributed by atoms with Crippen LogP contribution >= 0.6 is 0 Å². The number of carbonyl (C=O) groups excluding carboxylic acids is 3. The predicted octanol–water partition coefficient (Wildman–Crippen LogP) is 4.93. The fourth-order valence-electron chi connectivity index (χ4n) is 5.44. The highest BCUT2D eigenvalue weighted by Crippen LogP contribution is 2.30. The van der Waals surface area contributed by atoms with Crippen LogP contribution in [0.15, 0.2) is 91.5 Å². The topological polar surface area (TPSA) is 145 Å². The Hall–Kier alpha value is -5.58. The predicted molar refractivity (Wildman–Crippen MR) is 179 cm³/mol. The molecule has 1 aliphatic rings. The number of hydrogen-bond acceptors (Lipinski definition) is 7. The van der Waals surface area contributed by atoms with Crippen molar-refractivity contribution in [1.82, 2.24) is 20.2 Å². The van der Waals surface area contributed by atoms with Crippen molar-refractivity contribution in [2.75, 3.05) is 36.4 Å². The maximum atomic E-state index is 13.5. The average Bonchev–Trinajstić information content (AvgIpc) is 3.08. The zero-order valence-electron chi connectivity index (χ0n) is 26.6. The number of aromatic nitrogens is 2. The lowest BCUT2D eigenvalue weighted by Gasteiger charge is -2.37. The molecule has 1 unspecified atom stereocenters. The number of nitrogens with zero attached hydrogens (tertiary/aromatic N) is 4. The Balaban J connectivity index is 1.40. The molecule has 0 aliphatic carbocycles. The number of rotatable bonds is 9. The SMILES string of the molecule is CC(C)(C)c1ccc(C(=O)Nc2cc(C(=O)NC(CC(=O)O)c3cccnc3)ccc2N2CCN(C(=O)c3cccnc3)CC2)cc1. The molecule has 4 aromatic rings. The third-order valence-corrected chi connectivity index (χ3v) is 8.11. The van der Waals surface area contributed by atoms with Crippen LogP contribution in [0.25, 0.3) is 0 Å². The maximum absolute atomic E-state index is 13.5. The monoisotopic (exact) mass is 634 g/mol. The summed E-state index contributed by atoms with van der Waals surface area (Å²) in [6.07, 6.45) is 5.94. The fourth-order valence-corrected chi connectivity index (χ4v) is 5.44. The minimum absolute atomic E-state index is 0.0707. The van der Waals surface area contributed by atoms with E-state index in [4.69, 9.17) is 0 Å². The Bertz CT molecular complexity index is 1730. The average molecular weight is 635 g/mol. The summed E-state index contributed by atoms with van der Waals surface area (Å²) in [5, 5.41) is 15.3. The minimum atomic E-state index is -1.07. The molecule has 2 aromatic heterocycles. The van der Waals surface area contributed by atoms with Crippen LogP contribution in [0.5, 0.6) is 0 Å². The lowest BCUT2D eigenvalue weighted by Crippen LogP contribution is -2.49. The first kappa shape index (κ1) is 32.8. The van der Waals surface area contributed by atoms with Gasteiger partial charge >= 0.3 is 5.97 Å². The summed E-state index contributed by atoms with van der Waals surface area (Å²) in [4.78, 5) is 63.5. The van der Waals surface area contributed by atoms with Crippen LogP contribution in [0.1, 0.15) is 75.4 Å². The first-order valence-corrected chi connectivity index (χ1v) is 15.4. The number of anilines is 2. The number of amides is 3. The molecule has 1 saturated heterocycles. The molecular formula is C36H38N6O5. The molecule has 1 atom stereocenters. The molecular weight excluding hydrogens is 596 g/mol. The van der Waals surface area contributed by atoms with E-state index in [0.29, 0.717) is 54.2 Å². The third-order valence-electron chi connectivity index (χ3n) is 8.11. The van der Waals surface area contributed by atoms with E-state index in [-0.39, 0.29) is 29.2 Å². The summed E-state index contributed by atoms with van der Waals surface area (Å²) in [6.45, 7) is 8.23. The minimum Gasteiger partial charge on any atom is -0.481 e. The Morgan fingerprint density at radius 2 is 1.47 bits per heavy atom. The smallest absolute Gasteiger partial charge is 0.305 e. The van der Waals surface area contributed by atoms with E-state index < -0.39 is 17.9 Å². The molecule has 1 aliphatic heterocycles. The molecule has 0 spiro atoms. The summed E-state index contributed by atoms with van der Waals surface area (Å²) in [5.41, 5.74) is 3.94. The first-order valence-electron chi connectivity index (χ1n) is 15.4. The third kappa shape index (κ3) is 8.18. The molecule has 11 nitrogen and oxygen atoms in total. The second kappa shape index (κ2) is 14.2.